The molecule has 0 unspecified atom stereocenters. The predicted molar refractivity (Wildman–Crippen MR) is 84.4 cm³/mol. The summed E-state index contributed by atoms with van der Waals surface area (Å²) in [5.74, 6) is 0.584. The van der Waals surface area contributed by atoms with E-state index in [4.69, 9.17) is 11.6 Å². The Bertz CT molecular complexity index is 648. The van der Waals surface area contributed by atoms with Crippen molar-refractivity contribution in [3.63, 3.8) is 0 Å². The number of carbonyl (C=O) groups excluding carboxylic acids is 1. The summed E-state index contributed by atoms with van der Waals surface area (Å²) in [6, 6.07) is 3.76. The van der Waals surface area contributed by atoms with Crippen molar-refractivity contribution in [2.45, 2.75) is 31.7 Å². The molecule has 1 fully saturated rings. The highest BCUT2D eigenvalue weighted by molar-refractivity contribution is 6.29. The summed E-state index contributed by atoms with van der Waals surface area (Å²) in [6.45, 7) is 0. The van der Waals surface area contributed by atoms with Gasteiger partial charge < -0.3 is 5.32 Å². The van der Waals surface area contributed by atoms with Gasteiger partial charge in [0.05, 0.1) is 12.2 Å². The fourth-order valence-electron chi connectivity index (χ4n) is 2.58. The molecule has 0 radical (unpaired) electrons. The van der Waals surface area contributed by atoms with Crippen molar-refractivity contribution in [3.8, 4) is 0 Å². The number of nitrogens with one attached hydrogen (secondary N) is 1. The number of aryl methyl sites for hydroxylation is 2. The molecule has 0 saturated heterocycles. The van der Waals surface area contributed by atoms with Gasteiger partial charge in [-0.1, -0.05) is 17.7 Å². The molecule has 6 heteroatoms. The van der Waals surface area contributed by atoms with Crippen LogP contribution in [0.3, 0.4) is 0 Å². The van der Waals surface area contributed by atoms with Gasteiger partial charge in [-0.05, 0) is 42.4 Å². The second-order valence-corrected chi connectivity index (χ2v) is 6.21. The van der Waals surface area contributed by atoms with Gasteiger partial charge in [-0.2, -0.15) is 5.10 Å². The van der Waals surface area contributed by atoms with Crippen molar-refractivity contribution in [3.05, 3.63) is 47.0 Å². The number of carbonyl (C=O) groups is 1. The van der Waals surface area contributed by atoms with Crippen molar-refractivity contribution in [2.24, 2.45) is 13.0 Å². The molecule has 2 aromatic rings. The molecule has 1 saturated carbocycles. The van der Waals surface area contributed by atoms with E-state index in [9.17, 15) is 4.79 Å². The van der Waals surface area contributed by atoms with Crippen molar-refractivity contribution >= 4 is 17.5 Å². The van der Waals surface area contributed by atoms with Gasteiger partial charge in [0.1, 0.15) is 5.15 Å². The van der Waals surface area contributed by atoms with E-state index in [-0.39, 0.29) is 11.9 Å². The van der Waals surface area contributed by atoms with Crippen LogP contribution in [-0.4, -0.2) is 20.7 Å². The summed E-state index contributed by atoms with van der Waals surface area (Å²) in [7, 11) is 1.88. The third-order valence-electron chi connectivity index (χ3n) is 3.92. The second kappa shape index (κ2) is 6.48. The number of pyridine rings is 1. The molecule has 0 spiro atoms. The molecular formula is C16H19ClN4O. The molecule has 0 bridgehead atoms. The SMILES string of the molecule is Cn1cc(CCC(=O)N[C@@H](c2ccc(Cl)nc2)C2CC2)cn1. The summed E-state index contributed by atoms with van der Waals surface area (Å²) >= 11 is 5.83. The lowest BCUT2D eigenvalue weighted by Crippen LogP contribution is -2.30. The zero-order valence-corrected chi connectivity index (χ0v) is 13.3. The highest BCUT2D eigenvalue weighted by Gasteiger charge is 2.33. The lowest BCUT2D eigenvalue weighted by atomic mass is 10.0. The molecule has 116 valence electrons. The van der Waals surface area contributed by atoms with Crippen LogP contribution in [0, 0.1) is 5.92 Å². The van der Waals surface area contributed by atoms with Crippen LogP contribution in [0.1, 0.15) is 36.4 Å². The molecule has 0 aliphatic heterocycles. The molecule has 1 aliphatic carbocycles. The van der Waals surface area contributed by atoms with Crippen molar-refractivity contribution in [1.29, 1.82) is 0 Å². The molecule has 1 aliphatic rings. The number of rotatable bonds is 6. The molecule has 22 heavy (non-hydrogen) atoms. The monoisotopic (exact) mass is 318 g/mol. The maximum Gasteiger partial charge on any atom is 0.220 e. The molecule has 1 amide bonds. The topological polar surface area (TPSA) is 59.8 Å². The number of hydrogen-bond acceptors (Lipinski definition) is 3. The number of nitrogens with zero attached hydrogens (tertiary/aromatic N) is 3. The Kier molecular flexibility index (Phi) is 4.43. The van der Waals surface area contributed by atoms with Gasteiger partial charge in [0.25, 0.3) is 0 Å². The van der Waals surface area contributed by atoms with E-state index in [1.54, 1.807) is 23.1 Å². The average Bonchev–Trinajstić information content (AvgIpc) is 3.26. The van der Waals surface area contributed by atoms with Gasteiger partial charge in [-0.25, -0.2) is 4.98 Å². The van der Waals surface area contributed by atoms with E-state index in [0.29, 0.717) is 23.9 Å². The van der Waals surface area contributed by atoms with E-state index in [2.05, 4.69) is 15.4 Å². The van der Waals surface area contributed by atoms with E-state index < -0.39 is 0 Å². The molecule has 2 heterocycles. The van der Waals surface area contributed by atoms with E-state index in [0.717, 1.165) is 24.0 Å². The Morgan fingerprint density at radius 1 is 1.45 bits per heavy atom. The summed E-state index contributed by atoms with van der Waals surface area (Å²) in [5.41, 5.74) is 2.11. The number of amides is 1. The summed E-state index contributed by atoms with van der Waals surface area (Å²) in [4.78, 5) is 16.3. The standard InChI is InChI=1S/C16H19ClN4O/c1-21-10-11(8-19-21)2-7-15(22)20-16(12-3-4-12)13-5-6-14(17)18-9-13/h5-6,8-10,12,16H,2-4,7H2,1H3,(H,20,22)/t16-/m1/s1. The Balaban J connectivity index is 1.59. The summed E-state index contributed by atoms with van der Waals surface area (Å²) in [5, 5.41) is 7.73. The first-order chi connectivity index (χ1) is 10.6. The van der Waals surface area contributed by atoms with Crippen LogP contribution >= 0.6 is 11.6 Å². The Labute approximate surface area is 134 Å². The minimum absolute atomic E-state index is 0.0474. The third kappa shape index (κ3) is 3.85. The molecule has 3 rings (SSSR count). The van der Waals surface area contributed by atoms with E-state index in [1.165, 1.54) is 0 Å². The zero-order chi connectivity index (χ0) is 15.5. The fourth-order valence-corrected chi connectivity index (χ4v) is 2.69. The highest BCUT2D eigenvalue weighted by atomic mass is 35.5. The second-order valence-electron chi connectivity index (χ2n) is 5.82. The van der Waals surface area contributed by atoms with Crippen LogP contribution in [0.15, 0.2) is 30.7 Å². The maximum atomic E-state index is 12.2. The van der Waals surface area contributed by atoms with Crippen LogP contribution in [0.2, 0.25) is 5.15 Å². The van der Waals surface area contributed by atoms with Gasteiger partial charge in [0.15, 0.2) is 0 Å². The maximum absolute atomic E-state index is 12.2. The average molecular weight is 319 g/mol. The van der Waals surface area contributed by atoms with Crippen LogP contribution in [0.25, 0.3) is 0 Å². The van der Waals surface area contributed by atoms with Crippen LogP contribution in [-0.2, 0) is 18.3 Å². The highest BCUT2D eigenvalue weighted by Crippen LogP contribution is 2.41. The molecule has 1 N–H and O–H groups in total. The molecule has 2 aromatic heterocycles. The molecule has 0 aromatic carbocycles. The zero-order valence-electron chi connectivity index (χ0n) is 12.5. The summed E-state index contributed by atoms with van der Waals surface area (Å²) in [6.07, 6.45) is 8.97. The van der Waals surface area contributed by atoms with Crippen molar-refractivity contribution < 1.29 is 4.79 Å². The quantitative estimate of drug-likeness (QED) is 0.833. The molecule has 1 atom stereocenters. The lowest BCUT2D eigenvalue weighted by Gasteiger charge is -2.18. The van der Waals surface area contributed by atoms with Crippen LogP contribution in [0.4, 0.5) is 0 Å². The first kappa shape index (κ1) is 15.0. The van der Waals surface area contributed by atoms with Gasteiger partial charge in [0.2, 0.25) is 5.91 Å². The largest absolute Gasteiger partial charge is 0.349 e. The number of aromatic nitrogens is 3. The smallest absolute Gasteiger partial charge is 0.220 e. The van der Waals surface area contributed by atoms with Gasteiger partial charge >= 0.3 is 0 Å². The Morgan fingerprint density at radius 2 is 2.27 bits per heavy atom. The van der Waals surface area contributed by atoms with Crippen molar-refractivity contribution in [2.75, 3.05) is 0 Å². The minimum Gasteiger partial charge on any atom is -0.349 e. The number of hydrogen-bond donors (Lipinski definition) is 1. The summed E-state index contributed by atoms with van der Waals surface area (Å²) < 4.78 is 1.75. The van der Waals surface area contributed by atoms with Crippen molar-refractivity contribution in [1.82, 2.24) is 20.1 Å². The van der Waals surface area contributed by atoms with Gasteiger partial charge in [-0.15, -0.1) is 0 Å². The molecular weight excluding hydrogens is 300 g/mol. The third-order valence-corrected chi connectivity index (χ3v) is 4.14. The normalized spacial score (nSPS) is 15.5. The lowest BCUT2D eigenvalue weighted by molar-refractivity contribution is -0.122. The van der Waals surface area contributed by atoms with E-state index in [1.807, 2.05) is 19.3 Å². The number of halogens is 1. The Hall–Kier alpha value is -1.88. The van der Waals surface area contributed by atoms with Crippen LogP contribution in [0.5, 0.6) is 0 Å². The molecule has 5 nitrogen and oxygen atoms in total. The van der Waals surface area contributed by atoms with E-state index >= 15 is 0 Å². The predicted octanol–water partition coefficient (Wildman–Crippen LogP) is 2.67. The Morgan fingerprint density at radius 3 is 2.86 bits per heavy atom. The van der Waals surface area contributed by atoms with Crippen LogP contribution < -0.4 is 5.32 Å². The fraction of sp³-hybridized carbons (Fsp3) is 0.438. The van der Waals surface area contributed by atoms with Gasteiger partial charge in [0, 0.05) is 25.9 Å². The first-order valence-corrected chi connectivity index (χ1v) is 7.88. The first-order valence-electron chi connectivity index (χ1n) is 7.50. The minimum atomic E-state index is 0.0474. The van der Waals surface area contributed by atoms with Gasteiger partial charge in [-0.3, -0.25) is 9.48 Å².